The number of benzene rings is 1. The molecule has 182 valence electrons. The minimum atomic E-state index is -0.961. The highest BCUT2D eigenvalue weighted by atomic mass is 16.5. The number of nitrogens with one attached hydrogen (secondary N) is 1. The van der Waals surface area contributed by atoms with E-state index in [4.69, 9.17) is 9.15 Å². The number of Topliss-reactive ketones (excluding diaryl/α,β-unsaturated/α-hetero) is 1. The Morgan fingerprint density at radius 1 is 1.20 bits per heavy atom. The summed E-state index contributed by atoms with van der Waals surface area (Å²) >= 11 is 0. The molecule has 1 spiro atoms. The molecule has 0 unspecified atom stereocenters. The molecular weight excluding hydrogens is 444 g/mol. The third-order valence-electron chi connectivity index (χ3n) is 8.35. The number of rotatable bonds is 6. The number of fused-ring (bicyclic) bond motifs is 2. The van der Waals surface area contributed by atoms with Gasteiger partial charge in [0.25, 0.3) is 0 Å². The Balaban J connectivity index is 1.25. The van der Waals surface area contributed by atoms with Gasteiger partial charge in [-0.15, -0.1) is 0 Å². The van der Waals surface area contributed by atoms with Gasteiger partial charge in [0.2, 0.25) is 11.8 Å². The molecule has 7 heteroatoms. The van der Waals surface area contributed by atoms with Crippen LogP contribution in [0.1, 0.15) is 44.1 Å². The van der Waals surface area contributed by atoms with Crippen LogP contribution in [-0.4, -0.2) is 46.3 Å². The second-order valence-electron chi connectivity index (χ2n) is 10.4. The molecule has 5 heterocycles. The van der Waals surface area contributed by atoms with Gasteiger partial charge in [-0.05, 0) is 37.5 Å². The normalized spacial score (nSPS) is 35.8. The monoisotopic (exact) mass is 474 g/mol. The maximum absolute atomic E-state index is 14.0. The number of ether oxygens (including phenoxy) is 1. The van der Waals surface area contributed by atoms with E-state index in [9.17, 15) is 14.4 Å². The van der Waals surface area contributed by atoms with Crippen molar-refractivity contribution in [3.63, 3.8) is 0 Å². The van der Waals surface area contributed by atoms with Crippen LogP contribution in [0.4, 0.5) is 0 Å². The van der Waals surface area contributed by atoms with Gasteiger partial charge in [0.15, 0.2) is 0 Å². The first-order chi connectivity index (χ1) is 16.9. The van der Waals surface area contributed by atoms with Crippen LogP contribution >= 0.6 is 0 Å². The van der Waals surface area contributed by atoms with Crippen molar-refractivity contribution in [1.29, 1.82) is 0 Å². The van der Waals surface area contributed by atoms with Crippen molar-refractivity contribution in [1.82, 2.24) is 10.2 Å². The molecule has 2 aromatic rings. The first kappa shape index (κ1) is 22.3. The van der Waals surface area contributed by atoms with Crippen LogP contribution in [-0.2, 0) is 25.5 Å². The van der Waals surface area contributed by atoms with Crippen molar-refractivity contribution in [2.75, 3.05) is 0 Å². The molecule has 35 heavy (non-hydrogen) atoms. The average molecular weight is 475 g/mol. The molecule has 8 atom stereocenters. The van der Waals surface area contributed by atoms with E-state index in [0.29, 0.717) is 5.76 Å². The van der Waals surface area contributed by atoms with E-state index in [-0.39, 0.29) is 36.0 Å². The second kappa shape index (κ2) is 8.19. The van der Waals surface area contributed by atoms with E-state index in [1.165, 1.54) is 5.56 Å². The highest BCUT2D eigenvalue weighted by molar-refractivity contribution is 5.96. The summed E-state index contributed by atoms with van der Waals surface area (Å²) in [5.74, 6) is -1.25. The summed E-state index contributed by atoms with van der Waals surface area (Å²) in [6.45, 7) is 3.86. The number of amides is 2. The van der Waals surface area contributed by atoms with Gasteiger partial charge in [0.1, 0.15) is 17.1 Å². The molecule has 2 bridgehead atoms. The number of carbonyl (C=O) groups is 3. The number of ketones is 1. The number of furan rings is 1. The third-order valence-corrected chi connectivity index (χ3v) is 8.35. The SMILES string of the molecule is C[C@@H]1C(=O)C[C@@H](c2ccco2)N2C(=O)[C@H]3[C@@H](C(=O)N[C@@H](C)CCc4ccccc4)[C@H]4C=C[C@@]3(O4)[C@H]12. The minimum absolute atomic E-state index is 0.0442. The number of carbonyl (C=O) groups excluding carboxylic acids is 3. The smallest absolute Gasteiger partial charge is 0.230 e. The molecule has 1 aromatic carbocycles. The fraction of sp³-hybridized carbons (Fsp3) is 0.464. The number of nitrogens with zero attached hydrogens (tertiary/aromatic N) is 1. The lowest BCUT2D eigenvalue weighted by Crippen LogP contribution is -2.55. The largest absolute Gasteiger partial charge is 0.467 e. The van der Waals surface area contributed by atoms with Crippen LogP contribution in [0, 0.1) is 17.8 Å². The summed E-state index contributed by atoms with van der Waals surface area (Å²) in [6.07, 6.45) is 6.80. The molecule has 0 aliphatic carbocycles. The number of hydrogen-bond acceptors (Lipinski definition) is 5. The van der Waals surface area contributed by atoms with Crippen molar-refractivity contribution in [3.8, 4) is 0 Å². The van der Waals surface area contributed by atoms with E-state index in [1.807, 2.05) is 44.2 Å². The predicted octanol–water partition coefficient (Wildman–Crippen LogP) is 3.22. The van der Waals surface area contributed by atoms with E-state index in [0.717, 1.165) is 12.8 Å². The zero-order chi connectivity index (χ0) is 24.3. The standard InChI is InChI=1S/C28H30N2O5/c1-16(10-11-18-7-4-3-5-8-18)29-26(32)23-22-12-13-28(35-22)24(23)27(33)30-19(21-9-6-14-34-21)15-20(31)17(2)25(28)30/h3-9,12-14,16-17,19,22-25H,10-11,15H2,1-2H3,(H,29,32)/t16-,17+,19-,22+,23-,24+,25-,28-/m0/s1. The van der Waals surface area contributed by atoms with E-state index in [2.05, 4.69) is 17.4 Å². The Labute approximate surface area is 204 Å². The number of hydrogen-bond donors (Lipinski definition) is 1. The van der Waals surface area contributed by atoms with Crippen molar-refractivity contribution < 1.29 is 23.5 Å². The highest BCUT2D eigenvalue weighted by Gasteiger charge is 2.74. The Morgan fingerprint density at radius 2 is 2.00 bits per heavy atom. The summed E-state index contributed by atoms with van der Waals surface area (Å²) < 4.78 is 12.1. The molecule has 1 N–H and O–H groups in total. The Kier molecular flexibility index (Phi) is 5.22. The molecule has 6 rings (SSSR count). The number of aryl methyl sites for hydroxylation is 1. The van der Waals surface area contributed by atoms with Gasteiger partial charge in [-0.3, -0.25) is 14.4 Å². The fourth-order valence-corrected chi connectivity index (χ4v) is 6.70. The molecule has 1 aromatic heterocycles. The van der Waals surface area contributed by atoms with Crippen molar-refractivity contribution in [3.05, 3.63) is 72.2 Å². The van der Waals surface area contributed by atoms with Crippen LogP contribution in [0.5, 0.6) is 0 Å². The molecule has 0 radical (unpaired) electrons. The molecule has 2 amide bonds. The Morgan fingerprint density at radius 3 is 2.74 bits per heavy atom. The second-order valence-corrected chi connectivity index (χ2v) is 10.4. The van der Waals surface area contributed by atoms with Gasteiger partial charge >= 0.3 is 0 Å². The predicted molar refractivity (Wildman–Crippen MR) is 127 cm³/mol. The lowest BCUT2D eigenvalue weighted by atomic mass is 9.70. The molecule has 0 saturated carbocycles. The van der Waals surface area contributed by atoms with Crippen LogP contribution < -0.4 is 5.32 Å². The van der Waals surface area contributed by atoms with Crippen LogP contribution in [0.3, 0.4) is 0 Å². The van der Waals surface area contributed by atoms with Gasteiger partial charge in [-0.25, -0.2) is 0 Å². The third kappa shape index (κ3) is 3.32. The van der Waals surface area contributed by atoms with E-state index < -0.39 is 35.6 Å². The highest BCUT2D eigenvalue weighted by Crippen LogP contribution is 2.59. The Bertz CT molecular complexity index is 1180. The molecule has 3 saturated heterocycles. The molecule has 4 aliphatic rings. The van der Waals surface area contributed by atoms with Gasteiger partial charge in [-0.2, -0.15) is 0 Å². The maximum Gasteiger partial charge on any atom is 0.230 e. The molecule has 4 aliphatic heterocycles. The molecular formula is C28H30N2O5. The number of piperidine rings is 1. The van der Waals surface area contributed by atoms with E-state index >= 15 is 0 Å². The van der Waals surface area contributed by atoms with Crippen LogP contribution in [0.2, 0.25) is 0 Å². The summed E-state index contributed by atoms with van der Waals surface area (Å²) in [5, 5.41) is 3.14. The lowest BCUT2D eigenvalue weighted by molar-refractivity contribution is -0.148. The summed E-state index contributed by atoms with van der Waals surface area (Å²) in [5.41, 5.74) is 0.265. The van der Waals surface area contributed by atoms with Crippen LogP contribution in [0.15, 0.2) is 65.3 Å². The van der Waals surface area contributed by atoms with Gasteiger partial charge in [0, 0.05) is 18.4 Å². The average Bonchev–Trinajstić information content (AvgIpc) is 3.63. The molecule has 7 nitrogen and oxygen atoms in total. The first-order valence-electron chi connectivity index (χ1n) is 12.5. The van der Waals surface area contributed by atoms with Gasteiger partial charge < -0.3 is 19.4 Å². The quantitative estimate of drug-likeness (QED) is 0.650. The lowest BCUT2D eigenvalue weighted by Gasteiger charge is -2.43. The fourth-order valence-electron chi connectivity index (χ4n) is 6.70. The van der Waals surface area contributed by atoms with Gasteiger partial charge in [0.05, 0.1) is 36.3 Å². The van der Waals surface area contributed by atoms with Crippen molar-refractivity contribution >= 4 is 17.6 Å². The van der Waals surface area contributed by atoms with E-state index in [1.54, 1.807) is 23.3 Å². The van der Waals surface area contributed by atoms with Crippen molar-refractivity contribution in [2.45, 2.75) is 62.9 Å². The first-order valence-corrected chi connectivity index (χ1v) is 12.5. The maximum atomic E-state index is 14.0. The van der Waals surface area contributed by atoms with Crippen LogP contribution in [0.25, 0.3) is 0 Å². The summed E-state index contributed by atoms with van der Waals surface area (Å²) in [4.78, 5) is 42.3. The van der Waals surface area contributed by atoms with Gasteiger partial charge in [-0.1, -0.05) is 49.4 Å². The minimum Gasteiger partial charge on any atom is -0.467 e. The zero-order valence-electron chi connectivity index (χ0n) is 19.9. The summed E-state index contributed by atoms with van der Waals surface area (Å²) in [7, 11) is 0. The molecule has 3 fully saturated rings. The summed E-state index contributed by atoms with van der Waals surface area (Å²) in [6, 6.07) is 12.8. The van der Waals surface area contributed by atoms with Crippen molar-refractivity contribution in [2.24, 2.45) is 17.8 Å². The topological polar surface area (TPSA) is 88.9 Å². The zero-order valence-corrected chi connectivity index (χ0v) is 19.9. The Hall–Kier alpha value is -3.19.